The summed E-state index contributed by atoms with van der Waals surface area (Å²) < 4.78 is 12.3. The Morgan fingerprint density at radius 3 is 2.75 bits per heavy atom. The molecule has 0 saturated heterocycles. The Morgan fingerprint density at radius 1 is 1.58 bits per heavy atom. The standard InChI is InChI=1S/C8H8ClIOS/c1-2-12(11)6-3-4-8(10)7(9)5-6/h3-5H,2H2,1H3. The SMILES string of the molecule is CCS(=O)c1ccc(I)c(Cl)c1. The van der Waals surface area contributed by atoms with Crippen LogP contribution in [-0.4, -0.2) is 9.96 Å². The third kappa shape index (κ3) is 2.44. The summed E-state index contributed by atoms with van der Waals surface area (Å²) in [7, 11) is -0.897. The van der Waals surface area contributed by atoms with Crippen molar-refractivity contribution in [3.63, 3.8) is 0 Å². The Balaban J connectivity index is 3.05. The average Bonchev–Trinajstić information content (AvgIpc) is 2.08. The van der Waals surface area contributed by atoms with E-state index in [4.69, 9.17) is 11.6 Å². The molecule has 0 aliphatic heterocycles. The van der Waals surface area contributed by atoms with Crippen molar-refractivity contribution in [2.45, 2.75) is 11.8 Å². The maximum absolute atomic E-state index is 11.3. The van der Waals surface area contributed by atoms with Gasteiger partial charge in [0.2, 0.25) is 0 Å². The van der Waals surface area contributed by atoms with Crippen LogP contribution in [0.4, 0.5) is 0 Å². The highest BCUT2D eigenvalue weighted by atomic mass is 127. The van der Waals surface area contributed by atoms with Gasteiger partial charge in [-0.3, -0.25) is 4.21 Å². The maximum atomic E-state index is 11.3. The molecule has 0 N–H and O–H groups in total. The fourth-order valence-electron chi connectivity index (χ4n) is 0.785. The lowest BCUT2D eigenvalue weighted by Crippen LogP contribution is -1.93. The van der Waals surface area contributed by atoms with Gasteiger partial charge >= 0.3 is 0 Å². The van der Waals surface area contributed by atoms with Crippen molar-refractivity contribution in [2.24, 2.45) is 0 Å². The van der Waals surface area contributed by atoms with Crippen molar-refractivity contribution in [3.05, 3.63) is 26.8 Å². The summed E-state index contributed by atoms with van der Waals surface area (Å²) in [6, 6.07) is 5.50. The topological polar surface area (TPSA) is 17.1 Å². The molecule has 0 aromatic heterocycles. The fraction of sp³-hybridized carbons (Fsp3) is 0.250. The summed E-state index contributed by atoms with van der Waals surface area (Å²) in [6.07, 6.45) is 0. The van der Waals surface area contributed by atoms with E-state index in [-0.39, 0.29) is 0 Å². The van der Waals surface area contributed by atoms with Crippen LogP contribution in [0.15, 0.2) is 23.1 Å². The summed E-state index contributed by atoms with van der Waals surface area (Å²) >= 11 is 8.02. The van der Waals surface area contributed by atoms with Crippen LogP contribution in [0.25, 0.3) is 0 Å². The summed E-state index contributed by atoms with van der Waals surface area (Å²) in [5, 5.41) is 0.676. The van der Waals surface area contributed by atoms with Gasteiger partial charge in [0.1, 0.15) is 0 Å². The molecule has 0 saturated carbocycles. The summed E-state index contributed by atoms with van der Waals surface area (Å²) in [5.41, 5.74) is 0. The minimum Gasteiger partial charge on any atom is -0.254 e. The molecule has 12 heavy (non-hydrogen) atoms. The van der Waals surface area contributed by atoms with Crippen molar-refractivity contribution < 1.29 is 4.21 Å². The molecular weight excluding hydrogens is 307 g/mol. The van der Waals surface area contributed by atoms with E-state index in [1.165, 1.54) is 0 Å². The smallest absolute Gasteiger partial charge is 0.0551 e. The second-order valence-corrected chi connectivity index (χ2v) is 5.52. The van der Waals surface area contributed by atoms with Gasteiger partial charge in [0.15, 0.2) is 0 Å². The first-order valence-electron chi connectivity index (χ1n) is 3.48. The number of rotatable bonds is 2. The molecule has 1 rings (SSSR count). The van der Waals surface area contributed by atoms with Crippen molar-refractivity contribution >= 4 is 45.0 Å². The first kappa shape index (κ1) is 10.5. The van der Waals surface area contributed by atoms with Crippen molar-refractivity contribution in [1.82, 2.24) is 0 Å². The summed E-state index contributed by atoms with van der Waals surface area (Å²) in [6.45, 7) is 1.89. The minimum atomic E-state index is -0.897. The van der Waals surface area contributed by atoms with E-state index in [0.29, 0.717) is 10.8 Å². The number of benzene rings is 1. The Kier molecular flexibility index (Phi) is 3.99. The van der Waals surface area contributed by atoms with Crippen LogP contribution in [0.1, 0.15) is 6.92 Å². The molecule has 1 unspecified atom stereocenters. The maximum Gasteiger partial charge on any atom is 0.0551 e. The molecule has 0 bridgehead atoms. The van der Waals surface area contributed by atoms with E-state index in [2.05, 4.69) is 22.6 Å². The molecule has 0 radical (unpaired) electrons. The molecule has 1 atom stereocenters. The fourth-order valence-corrected chi connectivity index (χ4v) is 2.17. The highest BCUT2D eigenvalue weighted by molar-refractivity contribution is 14.1. The number of hydrogen-bond acceptors (Lipinski definition) is 1. The molecular formula is C8H8ClIOS. The predicted octanol–water partition coefficient (Wildman–Crippen LogP) is 3.07. The van der Waals surface area contributed by atoms with Gasteiger partial charge in [0.25, 0.3) is 0 Å². The lowest BCUT2D eigenvalue weighted by Gasteiger charge is -2.00. The lowest BCUT2D eigenvalue weighted by molar-refractivity contribution is 0.684. The zero-order chi connectivity index (χ0) is 9.14. The Hall–Kier alpha value is 0.390. The van der Waals surface area contributed by atoms with Crippen LogP contribution in [-0.2, 0) is 10.8 Å². The van der Waals surface area contributed by atoms with Crippen LogP contribution in [0.3, 0.4) is 0 Å². The Bertz CT molecular complexity index is 314. The Labute approximate surface area is 93.1 Å². The molecule has 1 nitrogen and oxygen atoms in total. The predicted molar refractivity (Wildman–Crippen MR) is 61.1 cm³/mol. The van der Waals surface area contributed by atoms with Crippen LogP contribution < -0.4 is 0 Å². The van der Waals surface area contributed by atoms with Gasteiger partial charge in [-0.15, -0.1) is 0 Å². The van der Waals surface area contributed by atoms with Crippen LogP contribution >= 0.6 is 34.2 Å². The first-order chi connectivity index (χ1) is 5.65. The first-order valence-corrected chi connectivity index (χ1v) is 6.26. The quantitative estimate of drug-likeness (QED) is 0.767. The lowest BCUT2D eigenvalue weighted by atomic mass is 10.4. The van der Waals surface area contributed by atoms with Crippen LogP contribution in [0, 0.1) is 3.57 Å². The molecule has 0 amide bonds. The average molecular weight is 315 g/mol. The van der Waals surface area contributed by atoms with E-state index in [9.17, 15) is 4.21 Å². The molecule has 1 aromatic carbocycles. The van der Waals surface area contributed by atoms with E-state index in [0.717, 1.165) is 8.47 Å². The molecule has 1 aromatic rings. The van der Waals surface area contributed by atoms with E-state index in [1.807, 2.05) is 19.1 Å². The molecule has 0 fully saturated rings. The molecule has 4 heteroatoms. The zero-order valence-corrected chi connectivity index (χ0v) is 10.2. The van der Waals surface area contributed by atoms with E-state index < -0.39 is 10.8 Å². The highest BCUT2D eigenvalue weighted by Gasteiger charge is 2.03. The van der Waals surface area contributed by atoms with Crippen molar-refractivity contribution in [1.29, 1.82) is 0 Å². The van der Waals surface area contributed by atoms with Gasteiger partial charge in [0, 0.05) is 14.2 Å². The summed E-state index contributed by atoms with van der Waals surface area (Å²) in [5.74, 6) is 0.636. The largest absolute Gasteiger partial charge is 0.254 e. The van der Waals surface area contributed by atoms with Gasteiger partial charge in [0.05, 0.1) is 15.8 Å². The summed E-state index contributed by atoms with van der Waals surface area (Å²) in [4.78, 5) is 0.808. The highest BCUT2D eigenvalue weighted by Crippen LogP contribution is 2.21. The van der Waals surface area contributed by atoms with Gasteiger partial charge in [-0.25, -0.2) is 0 Å². The van der Waals surface area contributed by atoms with Gasteiger partial charge in [-0.05, 0) is 40.8 Å². The Morgan fingerprint density at radius 2 is 2.25 bits per heavy atom. The molecule has 66 valence electrons. The van der Waals surface area contributed by atoms with Gasteiger partial charge in [-0.1, -0.05) is 18.5 Å². The minimum absolute atomic E-state index is 0.636. The molecule has 0 spiro atoms. The second kappa shape index (κ2) is 4.58. The van der Waals surface area contributed by atoms with Gasteiger partial charge in [-0.2, -0.15) is 0 Å². The van der Waals surface area contributed by atoms with E-state index >= 15 is 0 Å². The monoisotopic (exact) mass is 314 g/mol. The van der Waals surface area contributed by atoms with E-state index in [1.54, 1.807) is 6.07 Å². The van der Waals surface area contributed by atoms with Crippen LogP contribution in [0.5, 0.6) is 0 Å². The number of halogens is 2. The molecule has 0 aliphatic rings. The zero-order valence-electron chi connectivity index (χ0n) is 6.51. The molecule has 0 aliphatic carbocycles. The normalized spacial score (nSPS) is 12.9. The third-order valence-corrected chi connectivity index (χ3v) is 4.29. The number of hydrogen-bond donors (Lipinski definition) is 0. The van der Waals surface area contributed by atoms with Crippen LogP contribution in [0.2, 0.25) is 5.02 Å². The molecule has 0 heterocycles. The van der Waals surface area contributed by atoms with Gasteiger partial charge < -0.3 is 0 Å². The third-order valence-electron chi connectivity index (χ3n) is 1.42. The van der Waals surface area contributed by atoms with Crippen molar-refractivity contribution in [3.8, 4) is 0 Å². The second-order valence-electron chi connectivity index (χ2n) is 2.21. The van der Waals surface area contributed by atoms with Crippen molar-refractivity contribution in [2.75, 3.05) is 5.75 Å².